The van der Waals surface area contributed by atoms with E-state index in [2.05, 4.69) is 105 Å². The minimum Gasteiger partial charge on any atom is -0.456 e. The molecule has 0 saturated heterocycles. The van der Waals surface area contributed by atoms with E-state index in [-0.39, 0.29) is 0 Å². The summed E-state index contributed by atoms with van der Waals surface area (Å²) in [6.07, 6.45) is 7.23. The van der Waals surface area contributed by atoms with Crippen molar-refractivity contribution in [2.24, 2.45) is 18.4 Å². The van der Waals surface area contributed by atoms with Gasteiger partial charge in [0.1, 0.15) is 18.2 Å². The lowest BCUT2D eigenvalue weighted by molar-refractivity contribution is -0.660. The second-order valence-electron chi connectivity index (χ2n) is 12.4. The molecule has 1 saturated carbocycles. The van der Waals surface area contributed by atoms with Crippen LogP contribution in [-0.2, 0) is 7.05 Å². The molecular weight excluding hydrogens is 476 g/mol. The van der Waals surface area contributed by atoms with E-state index >= 15 is 0 Å². The molecule has 1 aliphatic carbocycles. The summed E-state index contributed by atoms with van der Waals surface area (Å²) < 4.78 is 8.86. The largest absolute Gasteiger partial charge is 0.456 e. The number of furan rings is 1. The average molecular weight is 514 g/mol. The van der Waals surface area contributed by atoms with Gasteiger partial charge in [-0.1, -0.05) is 69.3 Å². The second-order valence-corrected chi connectivity index (χ2v) is 12.4. The minimum absolute atomic E-state index is 0.403. The number of fused-ring (bicyclic) bond motifs is 3. The zero-order valence-corrected chi connectivity index (χ0v) is 23.7. The Morgan fingerprint density at radius 3 is 2.28 bits per heavy atom. The zero-order valence-electron chi connectivity index (χ0n) is 23.7. The van der Waals surface area contributed by atoms with Gasteiger partial charge in [0.25, 0.3) is 0 Å². The minimum atomic E-state index is 0.403. The van der Waals surface area contributed by atoms with Gasteiger partial charge in [0.2, 0.25) is 5.69 Å². The Kier molecular flexibility index (Phi) is 6.31. The van der Waals surface area contributed by atoms with Gasteiger partial charge in [0, 0.05) is 28.5 Å². The third kappa shape index (κ3) is 4.43. The molecule has 0 aliphatic heterocycles. The van der Waals surface area contributed by atoms with Crippen molar-refractivity contribution in [1.29, 1.82) is 0 Å². The molecule has 0 N–H and O–H groups in total. The molecule has 0 atom stereocenters. The summed E-state index contributed by atoms with van der Waals surface area (Å²) in [5, 5.41) is 1.90. The maximum Gasteiger partial charge on any atom is 0.216 e. The maximum absolute atomic E-state index is 7.88. The van der Waals surface area contributed by atoms with Crippen LogP contribution in [0, 0.1) is 24.8 Å². The Morgan fingerprint density at radius 2 is 1.62 bits per heavy atom. The number of nitrogens with zero attached hydrogens (tertiary/aromatic N) is 2. The second kappa shape index (κ2) is 9.69. The van der Waals surface area contributed by atoms with Crippen molar-refractivity contribution in [2.75, 3.05) is 0 Å². The molecule has 0 unspecified atom stereocenters. The Morgan fingerprint density at radius 1 is 0.872 bits per heavy atom. The number of hydrogen-bond acceptors (Lipinski definition) is 1. The smallest absolute Gasteiger partial charge is 0.216 e. The molecule has 0 bridgehead atoms. The van der Waals surface area contributed by atoms with Crippen LogP contribution in [0.2, 0.25) is 0 Å². The summed E-state index contributed by atoms with van der Waals surface area (Å²) in [6, 6.07) is 23.6. The normalized spacial score (nSPS) is 17.9. The molecule has 0 amide bonds. The molecule has 3 heteroatoms. The maximum atomic E-state index is 7.88. The predicted octanol–water partition coefficient (Wildman–Crippen LogP) is 9.92. The molecule has 6 rings (SSSR count). The Labute approximate surface area is 231 Å². The average Bonchev–Trinajstić information content (AvgIpc) is 3.32. The highest BCUT2D eigenvalue weighted by atomic mass is 16.3. The van der Waals surface area contributed by atoms with Crippen molar-refractivity contribution in [3.8, 4) is 22.4 Å². The van der Waals surface area contributed by atoms with Crippen molar-refractivity contribution in [2.45, 2.75) is 59.3 Å². The number of hydrogen-bond donors (Lipinski definition) is 0. The summed E-state index contributed by atoms with van der Waals surface area (Å²) in [7, 11) is 2.06. The van der Waals surface area contributed by atoms with Crippen LogP contribution in [0.3, 0.4) is 0 Å². The number of aromatic nitrogens is 1. The first-order valence-electron chi connectivity index (χ1n) is 14.2. The van der Waals surface area contributed by atoms with Crippen LogP contribution in [0.4, 0.5) is 5.69 Å². The topological polar surface area (TPSA) is 21.4 Å². The molecular formula is C36H37N2O+. The number of aryl methyl sites for hydroxylation is 2. The van der Waals surface area contributed by atoms with Crippen LogP contribution < -0.4 is 4.57 Å². The lowest BCUT2D eigenvalue weighted by Gasteiger charge is -2.37. The van der Waals surface area contributed by atoms with Crippen LogP contribution in [0.25, 0.3) is 49.2 Å². The standard InChI is InChI=1S/C36H37N2O/c1-23-10-19-29-33-30(37-5)21-20-28(34(33)39-35(29)32(23)31-9-7-8-22-38(31)6)26-13-11-24(12-14-26)25-15-17-27(18-16-25)36(2,3)4/h7-14,19-22,25,27H,15-18H2,1-4,6H3/q+1. The van der Waals surface area contributed by atoms with Gasteiger partial charge >= 0.3 is 0 Å². The lowest BCUT2D eigenvalue weighted by Crippen LogP contribution is -2.30. The third-order valence-electron chi connectivity index (χ3n) is 9.05. The van der Waals surface area contributed by atoms with E-state index in [4.69, 9.17) is 11.0 Å². The Bertz CT molecular complexity index is 1720. The van der Waals surface area contributed by atoms with Gasteiger partial charge in [0.15, 0.2) is 11.9 Å². The molecule has 2 aromatic heterocycles. The Hall–Kier alpha value is -3.90. The molecule has 1 aliphatic rings. The Balaban J connectivity index is 1.44. The number of pyridine rings is 1. The molecule has 39 heavy (non-hydrogen) atoms. The van der Waals surface area contributed by atoms with Crippen molar-refractivity contribution in [3.05, 3.63) is 95.5 Å². The van der Waals surface area contributed by atoms with Gasteiger partial charge in [-0.05, 0) is 72.6 Å². The van der Waals surface area contributed by atoms with Gasteiger partial charge < -0.3 is 4.42 Å². The first-order chi connectivity index (χ1) is 18.8. The zero-order chi connectivity index (χ0) is 27.3. The summed E-state index contributed by atoms with van der Waals surface area (Å²) in [5.74, 6) is 1.47. The molecule has 3 nitrogen and oxygen atoms in total. The fraction of sp³-hybridized carbons (Fsp3) is 0.333. The number of benzene rings is 3. The first-order valence-corrected chi connectivity index (χ1v) is 14.2. The molecule has 0 spiro atoms. The van der Waals surface area contributed by atoms with E-state index < -0.39 is 0 Å². The lowest BCUT2D eigenvalue weighted by atomic mass is 9.68. The summed E-state index contributed by atoms with van der Waals surface area (Å²) in [6.45, 7) is 17.2. The summed E-state index contributed by atoms with van der Waals surface area (Å²) in [4.78, 5) is 3.88. The molecule has 2 heterocycles. The first kappa shape index (κ1) is 25.4. The third-order valence-corrected chi connectivity index (χ3v) is 9.05. The predicted molar refractivity (Wildman–Crippen MR) is 161 cm³/mol. The van der Waals surface area contributed by atoms with Gasteiger partial charge in [-0.2, -0.15) is 0 Å². The quantitative estimate of drug-likeness (QED) is 0.174. The monoisotopic (exact) mass is 513 g/mol. The van der Waals surface area contributed by atoms with Crippen molar-refractivity contribution in [1.82, 2.24) is 0 Å². The molecule has 1 fully saturated rings. The van der Waals surface area contributed by atoms with Gasteiger partial charge in [0.05, 0.1) is 12.1 Å². The highest BCUT2D eigenvalue weighted by Gasteiger charge is 2.30. The van der Waals surface area contributed by atoms with Gasteiger partial charge in [-0.3, -0.25) is 0 Å². The molecule has 0 radical (unpaired) electrons. The van der Waals surface area contributed by atoms with Crippen LogP contribution in [0.5, 0.6) is 0 Å². The van der Waals surface area contributed by atoms with Gasteiger partial charge in [-0.25, -0.2) is 9.41 Å². The van der Waals surface area contributed by atoms with Crippen LogP contribution in [0.15, 0.2) is 77.3 Å². The van der Waals surface area contributed by atoms with E-state index in [0.29, 0.717) is 17.0 Å². The summed E-state index contributed by atoms with van der Waals surface area (Å²) in [5.41, 5.74) is 9.61. The van der Waals surface area contributed by atoms with E-state index in [9.17, 15) is 0 Å². The molecule has 5 aromatic rings. The van der Waals surface area contributed by atoms with Gasteiger partial charge in [-0.15, -0.1) is 0 Å². The van der Waals surface area contributed by atoms with Crippen molar-refractivity contribution >= 4 is 27.6 Å². The van der Waals surface area contributed by atoms with Crippen molar-refractivity contribution < 1.29 is 8.98 Å². The van der Waals surface area contributed by atoms with E-state index in [1.54, 1.807) is 0 Å². The fourth-order valence-corrected chi connectivity index (χ4v) is 6.67. The van der Waals surface area contributed by atoms with Crippen LogP contribution in [0.1, 0.15) is 63.5 Å². The number of rotatable bonds is 3. The highest BCUT2D eigenvalue weighted by molar-refractivity contribution is 6.18. The van der Waals surface area contributed by atoms with Crippen LogP contribution >= 0.6 is 0 Å². The van der Waals surface area contributed by atoms with E-state index in [0.717, 1.165) is 55.8 Å². The highest BCUT2D eigenvalue weighted by Crippen LogP contribution is 2.46. The summed E-state index contributed by atoms with van der Waals surface area (Å²) >= 11 is 0. The molecule has 3 aromatic carbocycles. The SMILES string of the molecule is [C-]#[N+]c1ccc(-c2ccc(C3CCC(C(C)(C)C)CC3)cc2)c2oc3c(-c4cccc[n+]4C)c(C)ccc3c12. The van der Waals surface area contributed by atoms with Crippen LogP contribution in [-0.4, -0.2) is 0 Å². The van der Waals surface area contributed by atoms with E-state index in [1.807, 2.05) is 12.1 Å². The molecule has 196 valence electrons. The fourth-order valence-electron chi connectivity index (χ4n) is 6.67. The van der Waals surface area contributed by atoms with E-state index in [1.165, 1.54) is 31.2 Å². The van der Waals surface area contributed by atoms with Crippen molar-refractivity contribution in [3.63, 3.8) is 0 Å².